The summed E-state index contributed by atoms with van der Waals surface area (Å²) in [4.78, 5) is 11.1. The second kappa shape index (κ2) is 7.98. The number of rotatable bonds is 5. The van der Waals surface area contributed by atoms with Crippen LogP contribution < -0.4 is 0 Å². The molecule has 2 rings (SSSR count). The molecule has 12 nitrogen and oxygen atoms in total. The standard InChI is InChI=1S/C14H24O12/c1-4-7(17)9(19)10(20)12(25-4)24-3-6(16)11-8(18)5(15)2-14(23,26-11)13(21)22/h4-12,15-20,23H,2-3H2,1H3,(H,21,22)/t4-,5+,6+,7-,8+,9+,10+,11+,12+,14+/m0/s1. The normalized spacial score (nSPS) is 48.2. The van der Waals surface area contributed by atoms with E-state index in [9.17, 15) is 40.5 Å². The highest BCUT2D eigenvalue weighted by molar-refractivity contribution is 5.75. The fraction of sp³-hybridized carbons (Fsp3) is 0.929. The Kier molecular flexibility index (Phi) is 6.56. The summed E-state index contributed by atoms with van der Waals surface area (Å²) in [5.74, 6) is -4.61. The fourth-order valence-electron chi connectivity index (χ4n) is 2.85. The average molecular weight is 384 g/mol. The van der Waals surface area contributed by atoms with Crippen molar-refractivity contribution in [1.82, 2.24) is 0 Å². The van der Waals surface area contributed by atoms with Crippen LogP contribution in [0.5, 0.6) is 0 Å². The number of aliphatic carboxylic acids is 1. The SMILES string of the molecule is C[C@@H]1O[C@@H](OC[C@@H](O)[C@H]2O[C@@](O)(C(=O)O)C[C@@H](O)[C@H]2O)[C@H](O)[C@H](O)[C@H]1O. The lowest BCUT2D eigenvalue weighted by molar-refractivity contribution is -0.322. The number of hydrogen-bond donors (Lipinski definition) is 8. The number of aliphatic hydroxyl groups excluding tert-OH is 6. The predicted octanol–water partition coefficient (Wildman–Crippen LogP) is -4.52. The van der Waals surface area contributed by atoms with Crippen LogP contribution in [0.1, 0.15) is 13.3 Å². The Morgan fingerprint density at radius 3 is 2.35 bits per heavy atom. The van der Waals surface area contributed by atoms with Crippen LogP contribution in [0, 0.1) is 0 Å². The van der Waals surface area contributed by atoms with E-state index in [1.165, 1.54) is 6.92 Å². The number of carbonyl (C=O) groups is 1. The third-order valence-corrected chi connectivity index (χ3v) is 4.50. The molecule has 10 atom stereocenters. The van der Waals surface area contributed by atoms with Crippen LogP contribution in [0.4, 0.5) is 0 Å². The molecular formula is C14H24O12. The molecule has 8 N–H and O–H groups in total. The average Bonchev–Trinajstić information content (AvgIpc) is 2.57. The number of hydrogen-bond acceptors (Lipinski definition) is 11. The molecule has 0 aromatic heterocycles. The van der Waals surface area contributed by atoms with Crippen molar-refractivity contribution in [2.24, 2.45) is 0 Å². The van der Waals surface area contributed by atoms with E-state index in [-0.39, 0.29) is 0 Å². The van der Waals surface area contributed by atoms with Gasteiger partial charge in [-0.1, -0.05) is 0 Å². The first-order valence-electron chi connectivity index (χ1n) is 7.97. The van der Waals surface area contributed by atoms with Gasteiger partial charge in [-0.05, 0) is 6.92 Å². The molecule has 12 heteroatoms. The summed E-state index contributed by atoms with van der Waals surface area (Å²) in [5, 5.41) is 77.6. The van der Waals surface area contributed by atoms with Gasteiger partial charge in [0.25, 0.3) is 5.79 Å². The monoisotopic (exact) mass is 384 g/mol. The first-order valence-corrected chi connectivity index (χ1v) is 7.97. The summed E-state index contributed by atoms with van der Waals surface area (Å²) in [5.41, 5.74) is 0. The van der Waals surface area contributed by atoms with Gasteiger partial charge in [0, 0.05) is 6.42 Å². The minimum Gasteiger partial charge on any atom is -0.477 e. The molecule has 0 aromatic rings. The van der Waals surface area contributed by atoms with E-state index >= 15 is 0 Å². The molecule has 0 spiro atoms. The summed E-state index contributed by atoms with van der Waals surface area (Å²) < 4.78 is 15.1. The van der Waals surface area contributed by atoms with E-state index in [0.29, 0.717) is 0 Å². The van der Waals surface area contributed by atoms with Crippen molar-refractivity contribution < 1.29 is 59.9 Å². The third-order valence-electron chi connectivity index (χ3n) is 4.50. The molecule has 0 unspecified atom stereocenters. The lowest BCUT2D eigenvalue weighted by atomic mass is 9.93. The minimum absolute atomic E-state index is 0.665. The largest absolute Gasteiger partial charge is 0.477 e. The van der Waals surface area contributed by atoms with Gasteiger partial charge < -0.3 is 55.1 Å². The van der Waals surface area contributed by atoms with Crippen LogP contribution in [0.2, 0.25) is 0 Å². The Hall–Kier alpha value is -0.930. The smallest absolute Gasteiger partial charge is 0.364 e. The van der Waals surface area contributed by atoms with Crippen LogP contribution in [0.3, 0.4) is 0 Å². The van der Waals surface area contributed by atoms with E-state index in [1.807, 2.05) is 0 Å². The van der Waals surface area contributed by atoms with Gasteiger partial charge in [-0.25, -0.2) is 4.79 Å². The van der Waals surface area contributed by atoms with Crippen LogP contribution >= 0.6 is 0 Å². The van der Waals surface area contributed by atoms with Gasteiger partial charge in [-0.15, -0.1) is 0 Å². The zero-order chi connectivity index (χ0) is 19.8. The number of ether oxygens (including phenoxy) is 3. The van der Waals surface area contributed by atoms with Crippen molar-refractivity contribution in [3.63, 3.8) is 0 Å². The van der Waals surface area contributed by atoms with Crippen LogP contribution in [0.25, 0.3) is 0 Å². The first-order chi connectivity index (χ1) is 12.0. The molecule has 0 saturated carbocycles. The molecule has 0 aliphatic carbocycles. The quantitative estimate of drug-likeness (QED) is 0.226. The topological polar surface area (TPSA) is 207 Å². The molecule has 0 radical (unpaired) electrons. The van der Waals surface area contributed by atoms with E-state index in [0.717, 1.165) is 0 Å². The molecule has 0 amide bonds. The summed E-state index contributed by atoms with van der Waals surface area (Å²) >= 11 is 0. The zero-order valence-corrected chi connectivity index (χ0v) is 13.8. The van der Waals surface area contributed by atoms with Crippen LogP contribution in [-0.4, -0.2) is 114 Å². The lowest BCUT2D eigenvalue weighted by Crippen LogP contribution is -2.62. The van der Waals surface area contributed by atoms with Crippen molar-refractivity contribution in [3.05, 3.63) is 0 Å². The second-order valence-corrected chi connectivity index (χ2v) is 6.52. The molecule has 2 saturated heterocycles. The molecule has 0 aromatic carbocycles. The molecule has 2 aliphatic heterocycles. The molecular weight excluding hydrogens is 360 g/mol. The van der Waals surface area contributed by atoms with Gasteiger partial charge in [0.1, 0.15) is 36.6 Å². The summed E-state index contributed by atoms with van der Waals surface area (Å²) in [6.07, 6.45) is -14.5. The Balaban J connectivity index is 2.00. The molecule has 26 heavy (non-hydrogen) atoms. The van der Waals surface area contributed by atoms with Gasteiger partial charge in [0.2, 0.25) is 0 Å². The first kappa shape index (κ1) is 21.4. The van der Waals surface area contributed by atoms with Gasteiger partial charge in [0.15, 0.2) is 6.29 Å². The van der Waals surface area contributed by atoms with Crippen molar-refractivity contribution in [2.75, 3.05) is 6.61 Å². The van der Waals surface area contributed by atoms with E-state index in [4.69, 9.17) is 19.3 Å². The molecule has 2 fully saturated rings. The second-order valence-electron chi connectivity index (χ2n) is 6.52. The number of carboxylic acid groups (broad SMARTS) is 1. The van der Waals surface area contributed by atoms with Crippen molar-refractivity contribution in [2.45, 2.75) is 74.3 Å². The zero-order valence-electron chi connectivity index (χ0n) is 13.8. The number of carboxylic acids is 1. The van der Waals surface area contributed by atoms with E-state index in [2.05, 4.69) is 0 Å². The van der Waals surface area contributed by atoms with Crippen LogP contribution in [-0.2, 0) is 19.0 Å². The Morgan fingerprint density at radius 1 is 1.15 bits per heavy atom. The Bertz CT molecular complexity index is 502. The Morgan fingerprint density at radius 2 is 1.77 bits per heavy atom. The van der Waals surface area contributed by atoms with Gasteiger partial charge in [-0.2, -0.15) is 0 Å². The van der Waals surface area contributed by atoms with Crippen molar-refractivity contribution in [3.8, 4) is 0 Å². The Labute approximate surface area is 147 Å². The number of aliphatic hydroxyl groups is 7. The fourth-order valence-corrected chi connectivity index (χ4v) is 2.85. The maximum atomic E-state index is 11.1. The van der Waals surface area contributed by atoms with Gasteiger partial charge in [-0.3, -0.25) is 0 Å². The lowest BCUT2D eigenvalue weighted by Gasteiger charge is -2.42. The summed E-state index contributed by atoms with van der Waals surface area (Å²) in [7, 11) is 0. The summed E-state index contributed by atoms with van der Waals surface area (Å²) in [6.45, 7) is 0.755. The highest BCUT2D eigenvalue weighted by atomic mass is 16.7. The van der Waals surface area contributed by atoms with Gasteiger partial charge >= 0.3 is 5.97 Å². The van der Waals surface area contributed by atoms with Gasteiger partial charge in [0.05, 0.1) is 18.8 Å². The van der Waals surface area contributed by atoms with E-state index < -0.39 is 79.9 Å². The summed E-state index contributed by atoms with van der Waals surface area (Å²) in [6, 6.07) is 0. The third kappa shape index (κ3) is 4.14. The molecule has 2 heterocycles. The molecule has 152 valence electrons. The predicted molar refractivity (Wildman–Crippen MR) is 78.4 cm³/mol. The van der Waals surface area contributed by atoms with Crippen molar-refractivity contribution in [1.29, 1.82) is 0 Å². The minimum atomic E-state index is -2.81. The molecule has 0 bridgehead atoms. The van der Waals surface area contributed by atoms with Crippen LogP contribution in [0.15, 0.2) is 0 Å². The molecule has 2 aliphatic rings. The van der Waals surface area contributed by atoms with Crippen molar-refractivity contribution >= 4 is 5.97 Å². The maximum absolute atomic E-state index is 11.1. The highest BCUT2D eigenvalue weighted by Gasteiger charge is 2.52. The van der Waals surface area contributed by atoms with E-state index in [1.54, 1.807) is 0 Å². The maximum Gasteiger partial charge on any atom is 0.364 e. The highest BCUT2D eigenvalue weighted by Crippen LogP contribution is 2.30.